The van der Waals surface area contributed by atoms with Gasteiger partial charge in [0.15, 0.2) is 0 Å². The van der Waals surface area contributed by atoms with Crippen LogP contribution in [0.4, 0.5) is 0 Å². The van der Waals surface area contributed by atoms with Crippen LogP contribution in [-0.4, -0.2) is 11.4 Å². The van der Waals surface area contributed by atoms with Crippen molar-refractivity contribution in [2.45, 2.75) is 103 Å². The number of benzene rings is 2. The number of hydrogen-bond donors (Lipinski definition) is 0. The van der Waals surface area contributed by atoms with E-state index in [1.54, 1.807) is 0 Å². The van der Waals surface area contributed by atoms with E-state index in [2.05, 4.69) is 72.5 Å². The third-order valence-electron chi connectivity index (χ3n) is 6.08. The van der Waals surface area contributed by atoms with E-state index in [-0.39, 0.29) is 0 Å². The van der Waals surface area contributed by atoms with Crippen LogP contribution in [0.25, 0.3) is 0 Å². The number of rotatable bonds is 18. The van der Waals surface area contributed by atoms with Gasteiger partial charge in [0.05, 0.1) is 0 Å². The van der Waals surface area contributed by atoms with Crippen LogP contribution in [-0.2, 0) is 13.1 Å². The van der Waals surface area contributed by atoms with E-state index in [1.165, 1.54) is 101 Å². The molecule has 30 heavy (non-hydrogen) atoms. The first-order valence-electron chi connectivity index (χ1n) is 12.7. The van der Waals surface area contributed by atoms with Gasteiger partial charge in [0.2, 0.25) is 0 Å². The first kappa shape index (κ1) is 24.7. The lowest BCUT2D eigenvalue weighted by atomic mass is 10.0. The average molecular weight is 408 g/mol. The molecule has 0 aliphatic heterocycles. The highest BCUT2D eigenvalue weighted by Crippen LogP contribution is 2.14. The lowest BCUT2D eigenvalue weighted by Gasteiger charge is -2.22. The summed E-state index contributed by atoms with van der Waals surface area (Å²) in [4.78, 5) is 2.61. The summed E-state index contributed by atoms with van der Waals surface area (Å²) in [5, 5.41) is 0. The molecule has 0 unspecified atom stereocenters. The highest BCUT2D eigenvalue weighted by molar-refractivity contribution is 5.17. The maximum absolute atomic E-state index is 2.61. The van der Waals surface area contributed by atoms with Crippen LogP contribution in [0.1, 0.15) is 102 Å². The first-order valence-corrected chi connectivity index (χ1v) is 12.7. The van der Waals surface area contributed by atoms with Crippen LogP contribution >= 0.6 is 0 Å². The summed E-state index contributed by atoms with van der Waals surface area (Å²) < 4.78 is 0. The maximum atomic E-state index is 2.61. The molecule has 0 bridgehead atoms. The zero-order valence-electron chi connectivity index (χ0n) is 19.5. The van der Waals surface area contributed by atoms with E-state index in [4.69, 9.17) is 0 Å². The average Bonchev–Trinajstić information content (AvgIpc) is 2.78. The quantitative estimate of drug-likeness (QED) is 0.223. The fourth-order valence-electron chi connectivity index (χ4n) is 4.25. The summed E-state index contributed by atoms with van der Waals surface area (Å²) in [5.41, 5.74) is 2.84. The van der Waals surface area contributed by atoms with Gasteiger partial charge in [0, 0.05) is 13.1 Å². The maximum Gasteiger partial charge on any atom is 0.0237 e. The highest BCUT2D eigenvalue weighted by Gasteiger charge is 2.07. The number of hydrogen-bond acceptors (Lipinski definition) is 1. The Morgan fingerprint density at radius 2 is 0.833 bits per heavy atom. The van der Waals surface area contributed by atoms with E-state index in [9.17, 15) is 0 Å². The van der Waals surface area contributed by atoms with Crippen LogP contribution < -0.4 is 0 Å². The van der Waals surface area contributed by atoms with E-state index >= 15 is 0 Å². The van der Waals surface area contributed by atoms with E-state index in [1.807, 2.05) is 0 Å². The Bertz CT molecular complexity index is 565. The minimum absolute atomic E-state index is 1.05. The molecule has 0 aliphatic rings. The lowest BCUT2D eigenvalue weighted by Crippen LogP contribution is -2.24. The topological polar surface area (TPSA) is 3.24 Å². The Morgan fingerprint density at radius 3 is 1.23 bits per heavy atom. The van der Waals surface area contributed by atoms with Crippen LogP contribution in [0.3, 0.4) is 0 Å². The molecule has 0 aromatic heterocycles. The van der Waals surface area contributed by atoms with Gasteiger partial charge in [-0.15, -0.1) is 0 Å². The Hall–Kier alpha value is -1.60. The molecule has 0 saturated heterocycles. The summed E-state index contributed by atoms with van der Waals surface area (Å²) in [7, 11) is 0. The second-order valence-corrected chi connectivity index (χ2v) is 8.92. The van der Waals surface area contributed by atoms with E-state index in [0.29, 0.717) is 0 Å². The van der Waals surface area contributed by atoms with Crippen molar-refractivity contribution >= 4 is 0 Å². The largest absolute Gasteiger partial charge is 0.295 e. The van der Waals surface area contributed by atoms with Crippen molar-refractivity contribution < 1.29 is 0 Å². The SMILES string of the molecule is CCCCCCCCCCCCCCCN(Cc1ccccc1)Cc1ccccc1. The Kier molecular flexibility index (Phi) is 14.1. The molecule has 0 spiro atoms. The van der Waals surface area contributed by atoms with Gasteiger partial charge >= 0.3 is 0 Å². The molecule has 2 rings (SSSR count). The fourth-order valence-corrected chi connectivity index (χ4v) is 4.25. The molecular formula is C29H45N. The van der Waals surface area contributed by atoms with Crippen molar-refractivity contribution in [2.75, 3.05) is 6.54 Å². The molecular weight excluding hydrogens is 362 g/mol. The second-order valence-electron chi connectivity index (χ2n) is 8.92. The lowest BCUT2D eigenvalue weighted by molar-refractivity contribution is 0.250. The summed E-state index contributed by atoms with van der Waals surface area (Å²) >= 11 is 0. The van der Waals surface area contributed by atoms with Gasteiger partial charge in [0.1, 0.15) is 0 Å². The fraction of sp³-hybridized carbons (Fsp3) is 0.586. The van der Waals surface area contributed by atoms with Gasteiger partial charge in [-0.25, -0.2) is 0 Å². The van der Waals surface area contributed by atoms with Crippen molar-refractivity contribution in [1.29, 1.82) is 0 Å². The second kappa shape index (κ2) is 17.1. The molecule has 0 amide bonds. The molecule has 1 nitrogen and oxygen atoms in total. The Morgan fingerprint density at radius 1 is 0.467 bits per heavy atom. The zero-order valence-corrected chi connectivity index (χ0v) is 19.5. The minimum atomic E-state index is 1.05. The van der Waals surface area contributed by atoms with E-state index < -0.39 is 0 Å². The first-order chi connectivity index (χ1) is 14.9. The standard InChI is InChI=1S/C29H45N/c1-2-3-4-5-6-7-8-9-10-11-12-13-20-25-30(26-28-21-16-14-17-22-28)27-29-23-18-15-19-24-29/h14-19,21-24H,2-13,20,25-27H2,1H3. The third-order valence-corrected chi connectivity index (χ3v) is 6.08. The van der Waals surface area contributed by atoms with Crippen molar-refractivity contribution in [3.05, 3.63) is 71.8 Å². The Balaban J connectivity index is 1.55. The van der Waals surface area contributed by atoms with Gasteiger partial charge in [0.25, 0.3) is 0 Å². The summed E-state index contributed by atoms with van der Waals surface area (Å²) in [5.74, 6) is 0. The zero-order chi connectivity index (χ0) is 21.1. The molecule has 2 aromatic rings. The summed E-state index contributed by atoms with van der Waals surface area (Å²) in [6, 6.07) is 21.8. The molecule has 0 fully saturated rings. The molecule has 0 saturated carbocycles. The molecule has 0 aliphatic carbocycles. The predicted molar refractivity (Wildman–Crippen MR) is 133 cm³/mol. The van der Waals surface area contributed by atoms with Gasteiger partial charge in [-0.1, -0.05) is 145 Å². The van der Waals surface area contributed by atoms with Gasteiger partial charge < -0.3 is 0 Å². The summed E-state index contributed by atoms with van der Waals surface area (Å²) in [6.07, 6.45) is 18.4. The molecule has 1 heteroatoms. The molecule has 2 aromatic carbocycles. The van der Waals surface area contributed by atoms with Crippen molar-refractivity contribution in [1.82, 2.24) is 4.90 Å². The number of unbranched alkanes of at least 4 members (excludes halogenated alkanes) is 12. The predicted octanol–water partition coefficient (Wildman–Crippen LogP) is 8.78. The van der Waals surface area contributed by atoms with Gasteiger partial charge in [-0.2, -0.15) is 0 Å². The van der Waals surface area contributed by atoms with Crippen molar-refractivity contribution in [3.63, 3.8) is 0 Å². The molecule has 0 heterocycles. The van der Waals surface area contributed by atoms with Crippen molar-refractivity contribution in [3.8, 4) is 0 Å². The molecule has 0 radical (unpaired) electrons. The van der Waals surface area contributed by atoms with Gasteiger partial charge in [-0.05, 0) is 24.1 Å². The van der Waals surface area contributed by atoms with Crippen LogP contribution in [0.2, 0.25) is 0 Å². The van der Waals surface area contributed by atoms with Crippen LogP contribution in [0.5, 0.6) is 0 Å². The molecule has 0 atom stereocenters. The number of nitrogens with zero attached hydrogens (tertiary/aromatic N) is 1. The van der Waals surface area contributed by atoms with E-state index in [0.717, 1.165) is 13.1 Å². The van der Waals surface area contributed by atoms with Crippen LogP contribution in [0.15, 0.2) is 60.7 Å². The normalized spacial score (nSPS) is 11.3. The molecule has 166 valence electrons. The monoisotopic (exact) mass is 407 g/mol. The minimum Gasteiger partial charge on any atom is -0.295 e. The van der Waals surface area contributed by atoms with Crippen molar-refractivity contribution in [2.24, 2.45) is 0 Å². The van der Waals surface area contributed by atoms with Gasteiger partial charge in [-0.3, -0.25) is 4.90 Å². The highest BCUT2D eigenvalue weighted by atomic mass is 15.1. The summed E-state index contributed by atoms with van der Waals surface area (Å²) in [6.45, 7) is 5.59. The Labute approximate surface area is 186 Å². The smallest absolute Gasteiger partial charge is 0.0237 e. The molecule has 0 N–H and O–H groups in total. The third kappa shape index (κ3) is 12.2. The van der Waals surface area contributed by atoms with Crippen LogP contribution in [0, 0.1) is 0 Å².